The number of amides is 1. The quantitative estimate of drug-likeness (QED) is 0.925. The Morgan fingerprint density at radius 2 is 2.35 bits per heavy atom. The fourth-order valence-corrected chi connectivity index (χ4v) is 2.24. The molecule has 1 aliphatic heterocycles. The lowest BCUT2D eigenvalue weighted by Crippen LogP contribution is -2.45. The monoisotopic (exact) mass is 322 g/mol. The Bertz CT molecular complexity index is 474. The molecule has 1 aromatic rings. The van der Waals surface area contributed by atoms with E-state index in [-0.39, 0.29) is 29.4 Å². The second-order valence-corrected chi connectivity index (χ2v) is 4.81. The van der Waals surface area contributed by atoms with E-state index in [2.05, 4.69) is 5.32 Å². The Morgan fingerprint density at radius 3 is 3.00 bits per heavy atom. The van der Waals surface area contributed by atoms with Crippen LogP contribution >= 0.6 is 24.0 Å². The minimum Gasteiger partial charge on any atom is -0.370 e. The number of carbonyl (C=O) groups is 1. The number of halogens is 3. The summed E-state index contributed by atoms with van der Waals surface area (Å²) >= 11 is 5.76. The van der Waals surface area contributed by atoms with Crippen LogP contribution in [0.1, 0.15) is 11.7 Å². The third-order valence-electron chi connectivity index (χ3n) is 3.06. The molecule has 1 fully saturated rings. The summed E-state index contributed by atoms with van der Waals surface area (Å²) in [6.07, 6.45) is -0.257. The van der Waals surface area contributed by atoms with Crippen LogP contribution in [0.25, 0.3) is 0 Å². The van der Waals surface area contributed by atoms with Crippen molar-refractivity contribution < 1.29 is 13.9 Å². The predicted molar refractivity (Wildman–Crippen MR) is 77.9 cm³/mol. The zero-order chi connectivity index (χ0) is 13.8. The van der Waals surface area contributed by atoms with Crippen molar-refractivity contribution in [3.8, 4) is 0 Å². The highest BCUT2D eigenvalue weighted by Crippen LogP contribution is 2.26. The van der Waals surface area contributed by atoms with Gasteiger partial charge in [-0.2, -0.15) is 0 Å². The molecule has 1 heterocycles. The van der Waals surface area contributed by atoms with Crippen molar-refractivity contribution in [2.75, 3.05) is 33.3 Å². The van der Waals surface area contributed by atoms with E-state index >= 15 is 0 Å². The lowest BCUT2D eigenvalue weighted by Gasteiger charge is -2.33. The molecule has 1 atom stereocenters. The maximum absolute atomic E-state index is 13.1. The van der Waals surface area contributed by atoms with Crippen LogP contribution in [0.2, 0.25) is 5.02 Å². The van der Waals surface area contributed by atoms with E-state index in [1.165, 1.54) is 6.07 Å². The summed E-state index contributed by atoms with van der Waals surface area (Å²) in [5.41, 5.74) is 0.786. The fraction of sp³-hybridized carbons (Fsp3) is 0.462. The Balaban J connectivity index is 0.00000200. The molecule has 0 saturated carbocycles. The van der Waals surface area contributed by atoms with Crippen LogP contribution in [0.3, 0.4) is 0 Å². The number of morpholine rings is 1. The van der Waals surface area contributed by atoms with E-state index < -0.39 is 5.82 Å². The number of nitrogens with zero attached hydrogens (tertiary/aromatic N) is 1. The highest BCUT2D eigenvalue weighted by Gasteiger charge is 2.25. The number of hydrogen-bond acceptors (Lipinski definition) is 3. The van der Waals surface area contributed by atoms with Gasteiger partial charge < -0.3 is 15.0 Å². The first-order valence-corrected chi connectivity index (χ1v) is 6.48. The maximum Gasteiger partial charge on any atom is 0.236 e. The van der Waals surface area contributed by atoms with Crippen molar-refractivity contribution in [2.45, 2.75) is 6.10 Å². The van der Waals surface area contributed by atoms with E-state index in [0.29, 0.717) is 26.2 Å². The normalized spacial score (nSPS) is 18.6. The summed E-state index contributed by atoms with van der Waals surface area (Å²) in [4.78, 5) is 13.6. The molecule has 7 heteroatoms. The Morgan fingerprint density at radius 1 is 1.60 bits per heavy atom. The molecule has 0 spiro atoms. The van der Waals surface area contributed by atoms with Crippen molar-refractivity contribution >= 4 is 29.9 Å². The highest BCUT2D eigenvalue weighted by molar-refractivity contribution is 6.30. The lowest BCUT2D eigenvalue weighted by molar-refractivity contribution is -0.137. The van der Waals surface area contributed by atoms with Crippen molar-refractivity contribution in [3.63, 3.8) is 0 Å². The zero-order valence-corrected chi connectivity index (χ0v) is 12.6. The van der Waals surface area contributed by atoms with Gasteiger partial charge in [-0.05, 0) is 24.7 Å². The van der Waals surface area contributed by atoms with Gasteiger partial charge in [0.05, 0.1) is 24.7 Å². The molecule has 0 aromatic heterocycles. The van der Waals surface area contributed by atoms with Gasteiger partial charge in [0.1, 0.15) is 11.9 Å². The van der Waals surface area contributed by atoms with Gasteiger partial charge in [0.25, 0.3) is 0 Å². The first-order chi connectivity index (χ1) is 9.11. The predicted octanol–water partition coefficient (Wildman–Crippen LogP) is 2.02. The number of likely N-dealkylation sites (N-methyl/N-ethyl adjacent to an activating group) is 1. The molecule has 0 aliphatic carbocycles. The fourth-order valence-electron chi connectivity index (χ4n) is 2.05. The lowest BCUT2D eigenvalue weighted by atomic mass is 10.1. The summed E-state index contributed by atoms with van der Waals surface area (Å²) in [7, 11) is 1.73. The van der Waals surface area contributed by atoms with Crippen LogP contribution in [0, 0.1) is 5.82 Å². The number of nitrogens with one attached hydrogen (secondary N) is 1. The molecule has 0 bridgehead atoms. The van der Waals surface area contributed by atoms with Crippen LogP contribution in [0.4, 0.5) is 4.39 Å². The van der Waals surface area contributed by atoms with Crippen molar-refractivity contribution in [1.29, 1.82) is 0 Å². The van der Waals surface area contributed by atoms with E-state index in [4.69, 9.17) is 16.3 Å². The summed E-state index contributed by atoms with van der Waals surface area (Å²) in [6.45, 7) is 1.81. The Kier molecular flexibility index (Phi) is 6.68. The smallest absolute Gasteiger partial charge is 0.236 e. The first kappa shape index (κ1) is 17.2. The Hall–Kier alpha value is -0.880. The molecular weight excluding hydrogens is 306 g/mol. The van der Waals surface area contributed by atoms with Crippen LogP contribution in [0.5, 0.6) is 0 Å². The SMILES string of the molecule is CNCC(=O)N1CCOC(c2ccc(F)c(Cl)c2)C1.Cl. The molecule has 4 nitrogen and oxygen atoms in total. The van der Waals surface area contributed by atoms with Gasteiger partial charge in [0, 0.05) is 6.54 Å². The standard InChI is InChI=1S/C13H16ClFN2O2.ClH/c1-16-7-13(18)17-4-5-19-12(8-17)9-2-3-11(15)10(14)6-9;/h2-3,6,12,16H,4-5,7-8H2,1H3;1H. The minimum absolute atomic E-state index is 0. The van der Waals surface area contributed by atoms with Crippen LogP contribution < -0.4 is 5.32 Å². The number of rotatable bonds is 3. The molecule has 1 unspecified atom stereocenters. The van der Waals surface area contributed by atoms with Gasteiger partial charge in [-0.3, -0.25) is 4.79 Å². The molecule has 1 aromatic carbocycles. The molecule has 1 saturated heterocycles. The van der Waals surface area contributed by atoms with Gasteiger partial charge in [-0.15, -0.1) is 12.4 Å². The molecule has 2 rings (SSSR count). The second kappa shape index (κ2) is 7.78. The molecule has 1 amide bonds. The van der Waals surface area contributed by atoms with Gasteiger partial charge >= 0.3 is 0 Å². The largest absolute Gasteiger partial charge is 0.370 e. The third-order valence-corrected chi connectivity index (χ3v) is 3.35. The maximum atomic E-state index is 13.1. The first-order valence-electron chi connectivity index (χ1n) is 6.10. The van der Waals surface area contributed by atoms with Gasteiger partial charge in [-0.25, -0.2) is 4.39 Å². The van der Waals surface area contributed by atoms with Gasteiger partial charge in [0.2, 0.25) is 5.91 Å². The summed E-state index contributed by atoms with van der Waals surface area (Å²) in [5, 5.41) is 2.90. The average Bonchev–Trinajstić information content (AvgIpc) is 2.42. The van der Waals surface area contributed by atoms with E-state index in [9.17, 15) is 9.18 Å². The van der Waals surface area contributed by atoms with Gasteiger partial charge in [-0.1, -0.05) is 17.7 Å². The van der Waals surface area contributed by atoms with Crippen LogP contribution in [0.15, 0.2) is 18.2 Å². The van der Waals surface area contributed by atoms with Crippen LogP contribution in [-0.2, 0) is 9.53 Å². The second-order valence-electron chi connectivity index (χ2n) is 4.40. The van der Waals surface area contributed by atoms with Crippen molar-refractivity contribution in [2.24, 2.45) is 0 Å². The van der Waals surface area contributed by atoms with E-state index in [1.54, 1.807) is 24.1 Å². The molecule has 20 heavy (non-hydrogen) atoms. The number of benzene rings is 1. The molecule has 0 radical (unpaired) electrons. The minimum atomic E-state index is -0.454. The molecular formula is C13H17Cl2FN2O2. The topological polar surface area (TPSA) is 41.6 Å². The van der Waals surface area contributed by atoms with Crippen LogP contribution in [-0.4, -0.2) is 44.1 Å². The van der Waals surface area contributed by atoms with E-state index in [0.717, 1.165) is 5.56 Å². The Labute approximate surface area is 128 Å². The number of ether oxygens (including phenoxy) is 1. The van der Waals surface area contributed by atoms with Gasteiger partial charge in [0.15, 0.2) is 0 Å². The third kappa shape index (κ3) is 4.06. The van der Waals surface area contributed by atoms with E-state index in [1.807, 2.05) is 0 Å². The molecule has 1 N–H and O–H groups in total. The molecule has 112 valence electrons. The highest BCUT2D eigenvalue weighted by atomic mass is 35.5. The summed E-state index contributed by atoms with van der Waals surface area (Å²) in [5.74, 6) is -0.423. The van der Waals surface area contributed by atoms with Crippen molar-refractivity contribution in [1.82, 2.24) is 10.2 Å². The van der Waals surface area contributed by atoms with Crippen molar-refractivity contribution in [3.05, 3.63) is 34.6 Å². The summed E-state index contributed by atoms with van der Waals surface area (Å²) < 4.78 is 18.7. The summed E-state index contributed by atoms with van der Waals surface area (Å²) in [6, 6.07) is 4.50. The number of carbonyl (C=O) groups excluding carboxylic acids is 1. The molecule has 1 aliphatic rings. The average molecular weight is 323 g/mol. The number of hydrogen-bond donors (Lipinski definition) is 1. The zero-order valence-electron chi connectivity index (χ0n) is 11.1.